The van der Waals surface area contributed by atoms with Gasteiger partial charge in [0.05, 0.1) is 6.61 Å². The molecule has 0 aromatic heterocycles. The molecule has 0 radical (unpaired) electrons. The third-order valence-electron chi connectivity index (χ3n) is 7.25. The van der Waals surface area contributed by atoms with Gasteiger partial charge in [-0.25, -0.2) is 0 Å². The highest BCUT2D eigenvalue weighted by molar-refractivity contribution is 5.69. The molecule has 1 unspecified atom stereocenters. The predicted molar refractivity (Wildman–Crippen MR) is 155 cm³/mol. The summed E-state index contributed by atoms with van der Waals surface area (Å²) in [5.74, 6) is -0.0391. The summed E-state index contributed by atoms with van der Waals surface area (Å²) in [6.07, 6.45) is 34.8. The van der Waals surface area contributed by atoms with Crippen LogP contribution in [-0.4, -0.2) is 37.6 Å². The van der Waals surface area contributed by atoms with Crippen LogP contribution in [0.4, 0.5) is 0 Å². The van der Waals surface area contributed by atoms with E-state index in [1.807, 2.05) is 6.92 Å². The van der Waals surface area contributed by atoms with E-state index in [4.69, 9.17) is 4.74 Å². The fraction of sp³-hybridized carbons (Fsp3) is 0.906. The van der Waals surface area contributed by atoms with Crippen molar-refractivity contribution in [2.24, 2.45) is 0 Å². The first-order chi connectivity index (χ1) is 17.1. The number of hydrogen-bond acceptors (Lipinski definition) is 3. The van der Waals surface area contributed by atoms with Gasteiger partial charge in [-0.2, -0.15) is 0 Å². The number of allylic oxidation sites excluding steroid dienone is 2. The molecular weight excluding hydrogens is 430 g/mol. The van der Waals surface area contributed by atoms with Crippen LogP contribution in [0.2, 0.25) is 0 Å². The summed E-state index contributed by atoms with van der Waals surface area (Å²) in [6, 6.07) is 0.799. The molecule has 0 saturated carbocycles. The van der Waals surface area contributed by atoms with Crippen molar-refractivity contribution in [3.8, 4) is 0 Å². The number of hydrogen-bond donors (Lipinski definition) is 0. The molecule has 0 fully saturated rings. The third kappa shape index (κ3) is 26.1. The fourth-order valence-electron chi connectivity index (χ4n) is 4.88. The van der Waals surface area contributed by atoms with Gasteiger partial charge in [-0.3, -0.25) is 4.79 Å². The van der Waals surface area contributed by atoms with Crippen LogP contribution in [0, 0.1) is 0 Å². The molecule has 35 heavy (non-hydrogen) atoms. The molecule has 0 saturated heterocycles. The van der Waals surface area contributed by atoms with Crippen LogP contribution < -0.4 is 0 Å². The average Bonchev–Trinajstić information content (AvgIpc) is 2.84. The van der Waals surface area contributed by atoms with Crippen molar-refractivity contribution < 1.29 is 9.53 Å². The Hall–Kier alpha value is -0.830. The Morgan fingerprint density at radius 2 is 1.06 bits per heavy atom. The Morgan fingerprint density at radius 1 is 0.629 bits per heavy atom. The molecule has 0 aliphatic heterocycles. The molecule has 3 nitrogen and oxygen atoms in total. The van der Waals surface area contributed by atoms with E-state index in [1.165, 1.54) is 128 Å². The summed E-state index contributed by atoms with van der Waals surface area (Å²) in [5.41, 5.74) is 0. The summed E-state index contributed by atoms with van der Waals surface area (Å²) < 4.78 is 4.96. The van der Waals surface area contributed by atoms with Gasteiger partial charge in [0.15, 0.2) is 0 Å². The lowest BCUT2D eigenvalue weighted by Crippen LogP contribution is -2.27. The quantitative estimate of drug-likeness (QED) is 0.0647. The van der Waals surface area contributed by atoms with Crippen LogP contribution in [0.1, 0.15) is 162 Å². The smallest absolute Gasteiger partial charge is 0.305 e. The van der Waals surface area contributed by atoms with E-state index in [0.29, 0.717) is 13.0 Å². The van der Waals surface area contributed by atoms with Gasteiger partial charge >= 0.3 is 5.97 Å². The summed E-state index contributed by atoms with van der Waals surface area (Å²) in [7, 11) is 4.54. The second-order valence-corrected chi connectivity index (χ2v) is 10.8. The van der Waals surface area contributed by atoms with Crippen LogP contribution in [0.5, 0.6) is 0 Å². The molecule has 1 atom stereocenters. The maximum atomic E-state index is 11.3. The minimum atomic E-state index is -0.0391. The average molecular weight is 494 g/mol. The molecule has 0 spiro atoms. The van der Waals surface area contributed by atoms with Gasteiger partial charge in [0, 0.05) is 12.5 Å². The van der Waals surface area contributed by atoms with Crippen molar-refractivity contribution >= 4 is 5.97 Å². The number of carbonyl (C=O) groups is 1. The SMILES string of the molecule is CCCCCCCC(CCCCCCCCCC/C=C\CCCCCCCC(=O)OCC)N(C)C. The fourth-order valence-corrected chi connectivity index (χ4v) is 4.88. The van der Waals surface area contributed by atoms with Gasteiger partial charge in [0.1, 0.15) is 0 Å². The number of carbonyl (C=O) groups excluding carboxylic acids is 1. The molecule has 0 aromatic carbocycles. The Labute approximate surface area is 220 Å². The van der Waals surface area contributed by atoms with Crippen molar-refractivity contribution in [1.29, 1.82) is 0 Å². The van der Waals surface area contributed by atoms with E-state index in [-0.39, 0.29) is 5.97 Å². The predicted octanol–water partition coefficient (Wildman–Crippen LogP) is 10.0. The van der Waals surface area contributed by atoms with Gasteiger partial charge in [-0.15, -0.1) is 0 Å². The van der Waals surface area contributed by atoms with Crippen molar-refractivity contribution in [2.45, 2.75) is 168 Å². The van der Waals surface area contributed by atoms with Gasteiger partial charge in [0.2, 0.25) is 0 Å². The largest absolute Gasteiger partial charge is 0.466 e. The second-order valence-electron chi connectivity index (χ2n) is 10.8. The highest BCUT2D eigenvalue weighted by Crippen LogP contribution is 2.17. The number of rotatable bonds is 27. The lowest BCUT2D eigenvalue weighted by Gasteiger charge is -2.24. The third-order valence-corrected chi connectivity index (χ3v) is 7.25. The molecule has 3 heteroatoms. The number of unbranched alkanes of at least 4 members (excludes halogenated alkanes) is 17. The van der Waals surface area contributed by atoms with Crippen molar-refractivity contribution in [3.63, 3.8) is 0 Å². The van der Waals surface area contributed by atoms with Gasteiger partial charge in [-0.05, 0) is 66.0 Å². The molecule has 0 aromatic rings. The lowest BCUT2D eigenvalue weighted by atomic mass is 9.99. The molecular formula is C32H63NO2. The van der Waals surface area contributed by atoms with Crippen LogP contribution in [0.15, 0.2) is 12.2 Å². The van der Waals surface area contributed by atoms with Crippen molar-refractivity contribution in [2.75, 3.05) is 20.7 Å². The lowest BCUT2D eigenvalue weighted by molar-refractivity contribution is -0.143. The van der Waals surface area contributed by atoms with E-state index < -0.39 is 0 Å². The van der Waals surface area contributed by atoms with Crippen molar-refractivity contribution in [1.82, 2.24) is 4.90 Å². The standard InChI is InChI=1S/C32H63NO2/c1-5-7-8-22-25-28-31(33(3)4)29-26-23-20-18-16-14-12-10-9-11-13-15-17-19-21-24-27-30-32(34)35-6-2/h11,13,31H,5-10,12,14-30H2,1-4H3/b13-11-. The van der Waals surface area contributed by atoms with E-state index in [9.17, 15) is 4.79 Å². The minimum absolute atomic E-state index is 0.0391. The highest BCUT2D eigenvalue weighted by atomic mass is 16.5. The number of esters is 1. The minimum Gasteiger partial charge on any atom is -0.466 e. The molecule has 208 valence electrons. The Balaban J connectivity index is 3.36. The van der Waals surface area contributed by atoms with E-state index >= 15 is 0 Å². The highest BCUT2D eigenvalue weighted by Gasteiger charge is 2.10. The van der Waals surface area contributed by atoms with Crippen LogP contribution in [0.3, 0.4) is 0 Å². The van der Waals surface area contributed by atoms with E-state index in [2.05, 4.69) is 38.1 Å². The maximum Gasteiger partial charge on any atom is 0.305 e. The van der Waals surface area contributed by atoms with E-state index in [0.717, 1.165) is 18.9 Å². The zero-order valence-corrected chi connectivity index (χ0v) is 24.5. The first-order valence-corrected chi connectivity index (χ1v) is 15.6. The Morgan fingerprint density at radius 3 is 1.51 bits per heavy atom. The summed E-state index contributed by atoms with van der Waals surface area (Å²) >= 11 is 0. The van der Waals surface area contributed by atoms with Gasteiger partial charge in [0.25, 0.3) is 0 Å². The first kappa shape index (κ1) is 34.2. The molecule has 0 bridgehead atoms. The van der Waals surface area contributed by atoms with Crippen LogP contribution in [-0.2, 0) is 9.53 Å². The summed E-state index contributed by atoms with van der Waals surface area (Å²) in [6.45, 7) is 4.67. The van der Waals surface area contributed by atoms with Crippen LogP contribution >= 0.6 is 0 Å². The Kier molecular flexibility index (Phi) is 27.1. The molecule has 0 amide bonds. The van der Waals surface area contributed by atoms with Crippen molar-refractivity contribution in [3.05, 3.63) is 12.2 Å². The van der Waals surface area contributed by atoms with Crippen LogP contribution in [0.25, 0.3) is 0 Å². The molecule has 0 N–H and O–H groups in total. The monoisotopic (exact) mass is 493 g/mol. The van der Waals surface area contributed by atoms with Gasteiger partial charge < -0.3 is 9.64 Å². The molecule has 0 aliphatic rings. The number of ether oxygens (including phenoxy) is 1. The van der Waals surface area contributed by atoms with Gasteiger partial charge in [-0.1, -0.05) is 115 Å². The molecule has 0 heterocycles. The summed E-state index contributed by atoms with van der Waals surface area (Å²) in [4.78, 5) is 13.7. The second kappa shape index (κ2) is 27.8. The zero-order chi connectivity index (χ0) is 25.8. The molecule has 0 aliphatic carbocycles. The first-order valence-electron chi connectivity index (χ1n) is 15.6. The summed E-state index contributed by atoms with van der Waals surface area (Å²) in [5, 5.41) is 0. The maximum absolute atomic E-state index is 11.3. The van der Waals surface area contributed by atoms with E-state index in [1.54, 1.807) is 0 Å². The Bertz CT molecular complexity index is 460. The zero-order valence-electron chi connectivity index (χ0n) is 24.5. The number of nitrogens with zero attached hydrogens (tertiary/aromatic N) is 1. The molecule has 0 rings (SSSR count). The topological polar surface area (TPSA) is 29.5 Å². The normalized spacial score (nSPS) is 12.6.